The number of nitrogens with one attached hydrogen (secondary N) is 1. The number of rotatable bonds is 3. The van der Waals surface area contributed by atoms with E-state index in [-0.39, 0.29) is 0 Å². The van der Waals surface area contributed by atoms with Crippen LogP contribution in [0.5, 0.6) is 0 Å². The van der Waals surface area contributed by atoms with Gasteiger partial charge in [0.15, 0.2) is 0 Å². The summed E-state index contributed by atoms with van der Waals surface area (Å²) in [4.78, 5) is 2.58. The van der Waals surface area contributed by atoms with Gasteiger partial charge >= 0.3 is 0 Å². The lowest BCUT2D eigenvalue weighted by molar-refractivity contribution is 0.566. The van der Waals surface area contributed by atoms with E-state index in [1.54, 1.807) is 0 Å². The van der Waals surface area contributed by atoms with Crippen LogP contribution in [0.1, 0.15) is 31.7 Å². The van der Waals surface area contributed by atoms with Crippen LogP contribution in [0.25, 0.3) is 0 Å². The molecule has 1 heterocycles. The maximum atomic E-state index is 3.47. The van der Waals surface area contributed by atoms with Crippen molar-refractivity contribution in [1.29, 1.82) is 0 Å². The summed E-state index contributed by atoms with van der Waals surface area (Å²) in [7, 11) is 0. The van der Waals surface area contributed by atoms with Crippen molar-refractivity contribution < 1.29 is 0 Å². The number of hydrogen-bond donors (Lipinski definition) is 1. The van der Waals surface area contributed by atoms with Crippen LogP contribution in [0.4, 0.5) is 5.69 Å². The highest BCUT2D eigenvalue weighted by atomic mass is 15.1. The number of aryl methyl sites for hydroxylation is 1. The molecule has 1 N–H and O–H groups in total. The Labute approximate surface area is 105 Å². The van der Waals surface area contributed by atoms with E-state index >= 15 is 0 Å². The molecule has 1 aliphatic heterocycles. The highest BCUT2D eigenvalue weighted by Crippen LogP contribution is 2.22. The van der Waals surface area contributed by atoms with Gasteiger partial charge in [-0.05, 0) is 44.0 Å². The summed E-state index contributed by atoms with van der Waals surface area (Å²) in [5.41, 5.74) is 2.99. The molecule has 1 aromatic rings. The van der Waals surface area contributed by atoms with Crippen molar-refractivity contribution in [2.24, 2.45) is 0 Å². The highest BCUT2D eigenvalue weighted by molar-refractivity contribution is 5.53. The standard InChI is InChI=1S/C15H24N2/c1-2-7-14-8-3-4-9-15(14)17-12-5-10-16-11-6-13-17/h3-4,8-9,16H,2,5-7,10-13H2,1H3. The number of hydrogen-bond acceptors (Lipinski definition) is 2. The highest BCUT2D eigenvalue weighted by Gasteiger charge is 2.11. The molecule has 0 aromatic heterocycles. The Bertz CT molecular complexity index is 327. The van der Waals surface area contributed by atoms with Crippen LogP contribution < -0.4 is 10.2 Å². The molecule has 2 rings (SSSR count). The molecule has 0 unspecified atom stereocenters. The van der Waals surface area contributed by atoms with Crippen molar-refractivity contribution in [3.63, 3.8) is 0 Å². The molecule has 2 heteroatoms. The Morgan fingerprint density at radius 1 is 1.12 bits per heavy atom. The molecule has 0 bridgehead atoms. The minimum atomic E-state index is 1.16. The van der Waals surface area contributed by atoms with Gasteiger partial charge in [-0.2, -0.15) is 0 Å². The monoisotopic (exact) mass is 232 g/mol. The van der Waals surface area contributed by atoms with Gasteiger partial charge in [-0.3, -0.25) is 0 Å². The summed E-state index contributed by atoms with van der Waals surface area (Å²) in [6.45, 7) is 6.95. The molecule has 0 aliphatic carbocycles. The Balaban J connectivity index is 2.12. The van der Waals surface area contributed by atoms with E-state index < -0.39 is 0 Å². The summed E-state index contributed by atoms with van der Waals surface area (Å²) in [5.74, 6) is 0. The zero-order valence-corrected chi connectivity index (χ0v) is 10.9. The van der Waals surface area contributed by atoms with Crippen molar-refractivity contribution in [1.82, 2.24) is 5.32 Å². The molecule has 1 aliphatic rings. The lowest BCUT2D eigenvalue weighted by atomic mass is 10.1. The Morgan fingerprint density at radius 2 is 1.82 bits per heavy atom. The summed E-state index contributed by atoms with van der Waals surface area (Å²) < 4.78 is 0. The predicted octanol–water partition coefficient (Wildman–Crippen LogP) is 2.83. The third-order valence-electron chi connectivity index (χ3n) is 3.41. The van der Waals surface area contributed by atoms with Crippen LogP contribution in [-0.4, -0.2) is 26.2 Å². The fraction of sp³-hybridized carbons (Fsp3) is 0.600. The van der Waals surface area contributed by atoms with E-state index in [9.17, 15) is 0 Å². The van der Waals surface area contributed by atoms with Crippen LogP contribution in [0, 0.1) is 0 Å². The van der Waals surface area contributed by atoms with Gasteiger partial charge in [0.2, 0.25) is 0 Å². The van der Waals surface area contributed by atoms with Gasteiger partial charge in [-0.25, -0.2) is 0 Å². The summed E-state index contributed by atoms with van der Waals surface area (Å²) >= 11 is 0. The second kappa shape index (κ2) is 6.65. The van der Waals surface area contributed by atoms with Crippen LogP contribution in [-0.2, 0) is 6.42 Å². The number of para-hydroxylation sites is 1. The molecule has 94 valence electrons. The minimum absolute atomic E-state index is 1.16. The quantitative estimate of drug-likeness (QED) is 0.862. The average Bonchev–Trinajstić information content (AvgIpc) is 2.30. The molecule has 1 aromatic carbocycles. The van der Waals surface area contributed by atoms with Crippen molar-refractivity contribution in [2.45, 2.75) is 32.6 Å². The van der Waals surface area contributed by atoms with Crippen molar-refractivity contribution in [3.8, 4) is 0 Å². The van der Waals surface area contributed by atoms with E-state index in [0.717, 1.165) is 13.1 Å². The molecular formula is C15H24N2. The molecule has 0 amide bonds. The topological polar surface area (TPSA) is 15.3 Å². The third kappa shape index (κ3) is 3.47. The maximum Gasteiger partial charge on any atom is 0.0398 e. The largest absolute Gasteiger partial charge is 0.371 e. The average molecular weight is 232 g/mol. The molecule has 1 fully saturated rings. The smallest absolute Gasteiger partial charge is 0.0398 e. The third-order valence-corrected chi connectivity index (χ3v) is 3.41. The lowest BCUT2D eigenvalue weighted by Gasteiger charge is -2.29. The summed E-state index contributed by atoms with van der Waals surface area (Å²) in [5, 5.41) is 3.47. The van der Waals surface area contributed by atoms with Gasteiger partial charge in [-0.1, -0.05) is 31.5 Å². The Hall–Kier alpha value is -1.02. The number of anilines is 1. The molecule has 2 nitrogen and oxygen atoms in total. The number of nitrogens with zero attached hydrogens (tertiary/aromatic N) is 1. The van der Waals surface area contributed by atoms with Crippen LogP contribution in [0.15, 0.2) is 24.3 Å². The first-order valence-corrected chi connectivity index (χ1v) is 6.95. The Morgan fingerprint density at radius 3 is 2.53 bits per heavy atom. The summed E-state index contributed by atoms with van der Waals surface area (Å²) in [6.07, 6.45) is 4.93. The fourth-order valence-electron chi connectivity index (χ4n) is 2.57. The van der Waals surface area contributed by atoms with Crippen molar-refractivity contribution in [3.05, 3.63) is 29.8 Å². The van der Waals surface area contributed by atoms with Gasteiger partial charge in [0.25, 0.3) is 0 Å². The van der Waals surface area contributed by atoms with Crippen LogP contribution >= 0.6 is 0 Å². The fourth-order valence-corrected chi connectivity index (χ4v) is 2.57. The van der Waals surface area contributed by atoms with Gasteiger partial charge in [0.1, 0.15) is 0 Å². The van der Waals surface area contributed by atoms with Gasteiger partial charge in [-0.15, -0.1) is 0 Å². The Kier molecular flexibility index (Phi) is 4.87. The molecular weight excluding hydrogens is 208 g/mol. The SMILES string of the molecule is CCCc1ccccc1N1CCCNCCC1. The molecule has 1 saturated heterocycles. The molecule has 17 heavy (non-hydrogen) atoms. The second-order valence-electron chi connectivity index (χ2n) is 4.82. The van der Waals surface area contributed by atoms with Gasteiger partial charge in [0.05, 0.1) is 0 Å². The zero-order valence-electron chi connectivity index (χ0n) is 10.9. The summed E-state index contributed by atoms with van der Waals surface area (Å²) in [6, 6.07) is 8.92. The minimum Gasteiger partial charge on any atom is -0.371 e. The van der Waals surface area contributed by atoms with E-state index in [4.69, 9.17) is 0 Å². The van der Waals surface area contributed by atoms with Crippen molar-refractivity contribution >= 4 is 5.69 Å². The second-order valence-corrected chi connectivity index (χ2v) is 4.82. The molecule has 0 saturated carbocycles. The van der Waals surface area contributed by atoms with E-state index in [1.165, 1.54) is 50.0 Å². The first-order chi connectivity index (χ1) is 8.42. The molecule has 0 spiro atoms. The predicted molar refractivity (Wildman–Crippen MR) is 74.8 cm³/mol. The zero-order chi connectivity index (χ0) is 11.9. The van der Waals surface area contributed by atoms with Gasteiger partial charge < -0.3 is 10.2 Å². The van der Waals surface area contributed by atoms with E-state index in [2.05, 4.69) is 41.4 Å². The normalized spacial score (nSPS) is 17.6. The maximum absolute atomic E-state index is 3.47. The first-order valence-electron chi connectivity index (χ1n) is 6.95. The van der Waals surface area contributed by atoms with Crippen LogP contribution in [0.2, 0.25) is 0 Å². The lowest BCUT2D eigenvalue weighted by Crippen LogP contribution is -2.34. The molecule has 0 atom stereocenters. The molecule has 0 radical (unpaired) electrons. The number of benzene rings is 1. The van der Waals surface area contributed by atoms with E-state index in [1.807, 2.05) is 0 Å². The van der Waals surface area contributed by atoms with E-state index in [0.29, 0.717) is 0 Å². The van der Waals surface area contributed by atoms with Crippen LogP contribution in [0.3, 0.4) is 0 Å². The van der Waals surface area contributed by atoms with Gasteiger partial charge in [0, 0.05) is 18.8 Å². The first kappa shape index (κ1) is 12.4. The van der Waals surface area contributed by atoms with Crippen molar-refractivity contribution in [2.75, 3.05) is 31.1 Å².